The van der Waals surface area contributed by atoms with Gasteiger partial charge in [0.05, 0.1) is 6.04 Å². The van der Waals surface area contributed by atoms with Crippen LogP contribution in [0.4, 0.5) is 13.2 Å². The van der Waals surface area contributed by atoms with Crippen LogP contribution in [0.3, 0.4) is 0 Å². The van der Waals surface area contributed by atoms with Crippen molar-refractivity contribution in [3.63, 3.8) is 0 Å². The molecular formula is C11H8F3NS. The van der Waals surface area contributed by atoms with E-state index >= 15 is 0 Å². The van der Waals surface area contributed by atoms with E-state index in [0.29, 0.717) is 5.56 Å². The van der Waals surface area contributed by atoms with Crippen LogP contribution < -0.4 is 5.73 Å². The molecule has 16 heavy (non-hydrogen) atoms. The average molecular weight is 243 g/mol. The molecule has 1 aromatic carbocycles. The molecule has 2 N–H and O–H groups in total. The van der Waals surface area contributed by atoms with Crippen molar-refractivity contribution < 1.29 is 13.2 Å². The molecule has 0 saturated heterocycles. The fourth-order valence-corrected chi connectivity index (χ4v) is 2.11. The maximum Gasteiger partial charge on any atom is 0.194 e. The second-order valence-corrected chi connectivity index (χ2v) is 4.08. The van der Waals surface area contributed by atoms with Crippen molar-refractivity contribution in [1.29, 1.82) is 0 Å². The Morgan fingerprint density at radius 3 is 2.44 bits per heavy atom. The number of nitrogens with two attached hydrogens (primary N) is 1. The van der Waals surface area contributed by atoms with Gasteiger partial charge in [-0.05, 0) is 28.5 Å². The van der Waals surface area contributed by atoms with Crippen molar-refractivity contribution in [2.45, 2.75) is 6.04 Å². The van der Waals surface area contributed by atoms with Crippen LogP contribution >= 0.6 is 11.3 Å². The first kappa shape index (κ1) is 11.2. The number of halogens is 3. The van der Waals surface area contributed by atoms with E-state index in [0.717, 1.165) is 12.1 Å². The summed E-state index contributed by atoms with van der Waals surface area (Å²) in [7, 11) is 0. The number of hydrogen-bond donors (Lipinski definition) is 1. The minimum Gasteiger partial charge on any atom is -0.320 e. The Bertz CT molecular complexity index is 496. The highest BCUT2D eigenvalue weighted by Gasteiger charge is 2.19. The lowest BCUT2D eigenvalue weighted by atomic mass is 10.0. The van der Waals surface area contributed by atoms with Crippen LogP contribution in [-0.2, 0) is 0 Å². The first-order valence-corrected chi connectivity index (χ1v) is 5.46. The summed E-state index contributed by atoms with van der Waals surface area (Å²) < 4.78 is 39.1. The van der Waals surface area contributed by atoms with Crippen molar-refractivity contribution in [3.05, 3.63) is 57.5 Å². The quantitative estimate of drug-likeness (QED) is 0.805. The summed E-state index contributed by atoms with van der Waals surface area (Å²) in [4.78, 5) is 0. The Morgan fingerprint density at radius 2 is 1.81 bits per heavy atom. The van der Waals surface area contributed by atoms with E-state index in [4.69, 9.17) is 5.73 Å². The molecule has 2 rings (SSSR count). The van der Waals surface area contributed by atoms with Crippen molar-refractivity contribution in [1.82, 2.24) is 0 Å². The Morgan fingerprint density at radius 1 is 1.06 bits per heavy atom. The van der Waals surface area contributed by atoms with Gasteiger partial charge < -0.3 is 5.73 Å². The third-order valence-corrected chi connectivity index (χ3v) is 3.00. The van der Waals surface area contributed by atoms with Gasteiger partial charge in [-0.15, -0.1) is 0 Å². The van der Waals surface area contributed by atoms with Crippen LogP contribution in [-0.4, -0.2) is 0 Å². The molecule has 0 amide bonds. The molecule has 2 aromatic rings. The van der Waals surface area contributed by atoms with Gasteiger partial charge in [0.1, 0.15) is 0 Å². The molecule has 0 aliphatic carbocycles. The van der Waals surface area contributed by atoms with Crippen LogP contribution in [0.1, 0.15) is 17.2 Å². The van der Waals surface area contributed by atoms with Gasteiger partial charge in [-0.2, -0.15) is 11.3 Å². The van der Waals surface area contributed by atoms with E-state index < -0.39 is 23.5 Å². The van der Waals surface area contributed by atoms with Gasteiger partial charge in [0.25, 0.3) is 0 Å². The Kier molecular flexibility index (Phi) is 2.98. The molecule has 0 saturated carbocycles. The molecule has 0 radical (unpaired) electrons. The van der Waals surface area contributed by atoms with Crippen LogP contribution in [0.25, 0.3) is 0 Å². The highest BCUT2D eigenvalue weighted by Crippen LogP contribution is 2.26. The standard InChI is InChI=1S/C11H8F3NS/c12-8-2-1-7(9(13)10(8)14)11(15)6-3-4-16-5-6/h1-5,11H,15H2/t11-/m0/s1. The highest BCUT2D eigenvalue weighted by molar-refractivity contribution is 7.08. The van der Waals surface area contributed by atoms with Gasteiger partial charge >= 0.3 is 0 Å². The van der Waals surface area contributed by atoms with E-state index in [2.05, 4.69) is 0 Å². The minimum atomic E-state index is -1.48. The molecule has 0 unspecified atom stereocenters. The summed E-state index contributed by atoms with van der Waals surface area (Å²) in [5.74, 6) is -3.92. The van der Waals surface area contributed by atoms with E-state index in [1.54, 1.807) is 16.8 Å². The van der Waals surface area contributed by atoms with E-state index in [1.165, 1.54) is 11.3 Å². The monoisotopic (exact) mass is 243 g/mol. The fraction of sp³-hybridized carbons (Fsp3) is 0.0909. The highest BCUT2D eigenvalue weighted by atomic mass is 32.1. The van der Waals surface area contributed by atoms with Crippen molar-refractivity contribution in [2.24, 2.45) is 5.73 Å². The predicted octanol–water partition coefficient (Wildman–Crippen LogP) is 3.21. The molecule has 1 nitrogen and oxygen atoms in total. The Balaban J connectivity index is 2.45. The molecule has 84 valence electrons. The zero-order valence-corrected chi connectivity index (χ0v) is 8.90. The van der Waals surface area contributed by atoms with E-state index in [-0.39, 0.29) is 5.56 Å². The van der Waals surface area contributed by atoms with E-state index in [1.807, 2.05) is 0 Å². The van der Waals surface area contributed by atoms with Crippen LogP contribution in [0.5, 0.6) is 0 Å². The number of hydrogen-bond acceptors (Lipinski definition) is 2. The lowest BCUT2D eigenvalue weighted by Gasteiger charge is -2.12. The summed E-state index contributed by atoms with van der Waals surface area (Å²) in [6, 6.07) is 2.98. The average Bonchev–Trinajstić information content (AvgIpc) is 2.79. The third kappa shape index (κ3) is 1.83. The van der Waals surface area contributed by atoms with E-state index in [9.17, 15) is 13.2 Å². The molecule has 5 heteroatoms. The molecule has 0 aliphatic heterocycles. The lowest BCUT2D eigenvalue weighted by molar-refractivity contribution is 0.438. The number of benzene rings is 1. The zero-order valence-electron chi connectivity index (χ0n) is 8.08. The smallest absolute Gasteiger partial charge is 0.194 e. The number of rotatable bonds is 2. The topological polar surface area (TPSA) is 26.0 Å². The summed E-state index contributed by atoms with van der Waals surface area (Å²) in [6.07, 6.45) is 0. The maximum atomic E-state index is 13.4. The normalized spacial score (nSPS) is 12.8. The minimum absolute atomic E-state index is 0.0442. The van der Waals surface area contributed by atoms with Gasteiger partial charge in [-0.3, -0.25) is 0 Å². The third-order valence-electron chi connectivity index (χ3n) is 2.30. The second-order valence-electron chi connectivity index (χ2n) is 3.30. The Labute approximate surface area is 94.3 Å². The first-order chi connectivity index (χ1) is 7.61. The predicted molar refractivity (Wildman–Crippen MR) is 56.7 cm³/mol. The SMILES string of the molecule is N[C@@H](c1ccsc1)c1ccc(F)c(F)c1F. The molecule has 0 aliphatic rings. The lowest BCUT2D eigenvalue weighted by Crippen LogP contribution is -2.14. The molecule has 0 fully saturated rings. The maximum absolute atomic E-state index is 13.4. The summed E-state index contributed by atoms with van der Waals surface area (Å²) in [6.45, 7) is 0. The second kappa shape index (κ2) is 4.27. The molecule has 1 atom stereocenters. The molecule has 0 spiro atoms. The van der Waals surface area contributed by atoms with Crippen molar-refractivity contribution >= 4 is 11.3 Å². The summed E-state index contributed by atoms with van der Waals surface area (Å²) >= 11 is 1.41. The van der Waals surface area contributed by atoms with Gasteiger partial charge in [0.2, 0.25) is 0 Å². The van der Waals surface area contributed by atoms with Crippen LogP contribution in [0.15, 0.2) is 29.0 Å². The van der Waals surface area contributed by atoms with Crippen molar-refractivity contribution in [3.8, 4) is 0 Å². The van der Waals surface area contributed by atoms with Gasteiger partial charge in [-0.25, -0.2) is 13.2 Å². The van der Waals surface area contributed by atoms with Crippen LogP contribution in [0.2, 0.25) is 0 Å². The van der Waals surface area contributed by atoms with Crippen molar-refractivity contribution in [2.75, 3.05) is 0 Å². The molecule has 1 heterocycles. The Hall–Kier alpha value is -1.33. The molecular weight excluding hydrogens is 235 g/mol. The number of thiophene rings is 1. The van der Waals surface area contributed by atoms with Gasteiger partial charge in [0.15, 0.2) is 17.5 Å². The zero-order chi connectivity index (χ0) is 11.7. The largest absolute Gasteiger partial charge is 0.320 e. The van der Waals surface area contributed by atoms with Gasteiger partial charge in [0, 0.05) is 5.56 Å². The summed E-state index contributed by atoms with van der Waals surface area (Å²) in [5, 5.41) is 3.53. The first-order valence-electron chi connectivity index (χ1n) is 4.52. The molecule has 1 aromatic heterocycles. The van der Waals surface area contributed by atoms with Crippen LogP contribution in [0, 0.1) is 17.5 Å². The molecule has 0 bridgehead atoms. The summed E-state index contributed by atoms with van der Waals surface area (Å²) in [5.41, 5.74) is 6.39. The van der Waals surface area contributed by atoms with Gasteiger partial charge in [-0.1, -0.05) is 6.07 Å². The fourth-order valence-electron chi connectivity index (χ4n) is 1.41.